The van der Waals surface area contributed by atoms with Crippen molar-refractivity contribution in [3.63, 3.8) is 0 Å². The molecule has 1 aromatic carbocycles. The summed E-state index contributed by atoms with van der Waals surface area (Å²) in [6.07, 6.45) is 0. The Labute approximate surface area is 108 Å². The minimum Gasteiger partial charge on any atom is -0.480 e. The largest absolute Gasteiger partial charge is 0.480 e. The second-order valence-electron chi connectivity index (χ2n) is 3.94. The van der Waals surface area contributed by atoms with Crippen molar-refractivity contribution in [3.05, 3.63) is 34.3 Å². The molecule has 5 heteroatoms. The van der Waals surface area contributed by atoms with E-state index in [4.69, 9.17) is 4.74 Å². The van der Waals surface area contributed by atoms with E-state index in [1.54, 1.807) is 0 Å². The molecular weight excluding hydrogens is 286 g/mol. The Morgan fingerprint density at radius 3 is 2.41 bits per heavy atom. The molecule has 1 aliphatic heterocycles. The van der Waals surface area contributed by atoms with Gasteiger partial charge in [-0.05, 0) is 17.7 Å². The van der Waals surface area contributed by atoms with Crippen LogP contribution >= 0.6 is 15.9 Å². The van der Waals surface area contributed by atoms with Gasteiger partial charge in [0, 0.05) is 17.6 Å². The fourth-order valence-corrected chi connectivity index (χ4v) is 2.25. The maximum atomic E-state index is 11.4. The Morgan fingerprint density at radius 2 is 1.88 bits per heavy atom. The van der Waals surface area contributed by atoms with E-state index in [0.29, 0.717) is 26.3 Å². The van der Waals surface area contributed by atoms with Gasteiger partial charge in [-0.15, -0.1) is 0 Å². The van der Waals surface area contributed by atoms with Gasteiger partial charge >= 0.3 is 5.97 Å². The van der Waals surface area contributed by atoms with Crippen molar-refractivity contribution >= 4 is 21.9 Å². The van der Waals surface area contributed by atoms with Crippen molar-refractivity contribution in [2.24, 2.45) is 0 Å². The average Bonchev–Trinajstić information content (AvgIpc) is 2.33. The molecule has 0 aliphatic carbocycles. The average molecular weight is 300 g/mol. The summed E-state index contributed by atoms with van der Waals surface area (Å²) in [5.74, 6) is -0.811. The molecule has 0 bridgehead atoms. The van der Waals surface area contributed by atoms with E-state index >= 15 is 0 Å². The first kappa shape index (κ1) is 12.5. The van der Waals surface area contributed by atoms with Crippen molar-refractivity contribution in [1.29, 1.82) is 0 Å². The standard InChI is InChI=1S/C12H14BrNO3/c13-10-3-1-9(2-4-10)11(12(15)16)14-5-7-17-8-6-14/h1-4,11H,5-8H2,(H,15,16). The van der Waals surface area contributed by atoms with Crippen LogP contribution in [-0.2, 0) is 9.53 Å². The summed E-state index contributed by atoms with van der Waals surface area (Å²) < 4.78 is 6.19. The summed E-state index contributed by atoms with van der Waals surface area (Å²) in [5.41, 5.74) is 0.808. The normalized spacial score (nSPS) is 18.9. The van der Waals surface area contributed by atoms with Crippen LogP contribution in [0.2, 0.25) is 0 Å². The second-order valence-corrected chi connectivity index (χ2v) is 4.86. The summed E-state index contributed by atoms with van der Waals surface area (Å²) in [6, 6.07) is 6.85. The zero-order chi connectivity index (χ0) is 12.3. The Kier molecular flexibility index (Phi) is 4.15. The summed E-state index contributed by atoms with van der Waals surface area (Å²) in [7, 11) is 0. The number of carboxylic acid groups (broad SMARTS) is 1. The maximum Gasteiger partial charge on any atom is 0.325 e. The maximum absolute atomic E-state index is 11.4. The van der Waals surface area contributed by atoms with Gasteiger partial charge in [0.1, 0.15) is 6.04 Å². The predicted octanol–water partition coefficient (Wildman–Crippen LogP) is 1.91. The number of halogens is 1. The highest BCUT2D eigenvalue weighted by Crippen LogP contribution is 2.23. The molecule has 1 N–H and O–H groups in total. The molecule has 1 unspecified atom stereocenters. The highest BCUT2D eigenvalue weighted by Gasteiger charge is 2.28. The molecule has 0 radical (unpaired) electrons. The number of morpholine rings is 1. The topological polar surface area (TPSA) is 49.8 Å². The molecule has 4 nitrogen and oxygen atoms in total. The van der Waals surface area contributed by atoms with Gasteiger partial charge < -0.3 is 9.84 Å². The molecule has 1 atom stereocenters. The molecule has 2 rings (SSSR count). The van der Waals surface area contributed by atoms with Crippen LogP contribution in [0.4, 0.5) is 0 Å². The van der Waals surface area contributed by atoms with Crippen molar-refractivity contribution in [2.45, 2.75) is 6.04 Å². The number of carbonyl (C=O) groups is 1. The van der Waals surface area contributed by atoms with Gasteiger partial charge in [-0.2, -0.15) is 0 Å². The van der Waals surface area contributed by atoms with Crippen LogP contribution in [-0.4, -0.2) is 42.3 Å². The molecule has 1 saturated heterocycles. The van der Waals surface area contributed by atoms with Crippen molar-refractivity contribution < 1.29 is 14.6 Å². The fraction of sp³-hybridized carbons (Fsp3) is 0.417. The molecule has 0 amide bonds. The van der Waals surface area contributed by atoms with E-state index in [0.717, 1.165) is 10.0 Å². The molecule has 0 aromatic heterocycles. The molecule has 1 aromatic rings. The Balaban J connectivity index is 2.21. The highest BCUT2D eigenvalue weighted by atomic mass is 79.9. The Hall–Kier alpha value is -0.910. The molecule has 92 valence electrons. The molecule has 0 saturated carbocycles. The Bertz CT molecular complexity index is 387. The number of ether oxygens (including phenoxy) is 1. The number of benzene rings is 1. The summed E-state index contributed by atoms with van der Waals surface area (Å²) in [6.45, 7) is 2.51. The van der Waals surface area contributed by atoms with Crippen LogP contribution in [0.3, 0.4) is 0 Å². The predicted molar refractivity (Wildman–Crippen MR) is 66.9 cm³/mol. The first-order valence-electron chi connectivity index (χ1n) is 5.48. The van der Waals surface area contributed by atoms with Crippen molar-refractivity contribution in [2.75, 3.05) is 26.3 Å². The van der Waals surface area contributed by atoms with Crippen LogP contribution in [0.25, 0.3) is 0 Å². The highest BCUT2D eigenvalue weighted by molar-refractivity contribution is 9.10. The lowest BCUT2D eigenvalue weighted by Crippen LogP contribution is -2.42. The molecule has 17 heavy (non-hydrogen) atoms. The molecule has 1 aliphatic rings. The van der Waals surface area contributed by atoms with E-state index in [1.807, 2.05) is 29.2 Å². The monoisotopic (exact) mass is 299 g/mol. The SMILES string of the molecule is O=C(O)C(c1ccc(Br)cc1)N1CCOCC1. The molecule has 1 heterocycles. The summed E-state index contributed by atoms with van der Waals surface area (Å²) >= 11 is 3.35. The van der Waals surface area contributed by atoms with E-state index in [9.17, 15) is 9.90 Å². The van der Waals surface area contributed by atoms with E-state index in [1.165, 1.54) is 0 Å². The second kappa shape index (κ2) is 5.62. The number of rotatable bonds is 3. The number of carboxylic acids is 1. The zero-order valence-corrected chi connectivity index (χ0v) is 10.9. The van der Waals surface area contributed by atoms with Crippen molar-refractivity contribution in [1.82, 2.24) is 4.90 Å². The van der Waals surface area contributed by atoms with Crippen LogP contribution in [0.1, 0.15) is 11.6 Å². The minimum absolute atomic E-state index is 0.577. The first-order valence-corrected chi connectivity index (χ1v) is 6.28. The van der Waals surface area contributed by atoms with Crippen LogP contribution < -0.4 is 0 Å². The summed E-state index contributed by atoms with van der Waals surface area (Å²) in [5, 5.41) is 9.35. The number of nitrogens with zero attached hydrogens (tertiary/aromatic N) is 1. The fourth-order valence-electron chi connectivity index (χ4n) is 1.99. The first-order chi connectivity index (χ1) is 8.18. The van der Waals surface area contributed by atoms with Crippen LogP contribution in [0, 0.1) is 0 Å². The molecule has 0 spiro atoms. The van der Waals surface area contributed by atoms with Gasteiger partial charge in [0.05, 0.1) is 13.2 Å². The van der Waals surface area contributed by atoms with Gasteiger partial charge in [0.2, 0.25) is 0 Å². The number of hydrogen-bond donors (Lipinski definition) is 1. The van der Waals surface area contributed by atoms with Gasteiger partial charge in [-0.1, -0.05) is 28.1 Å². The van der Waals surface area contributed by atoms with Gasteiger partial charge in [-0.3, -0.25) is 9.69 Å². The number of aliphatic carboxylic acids is 1. The van der Waals surface area contributed by atoms with Gasteiger partial charge in [0.15, 0.2) is 0 Å². The van der Waals surface area contributed by atoms with E-state index in [2.05, 4.69) is 15.9 Å². The third-order valence-corrected chi connectivity index (χ3v) is 3.36. The zero-order valence-electron chi connectivity index (χ0n) is 9.30. The van der Waals surface area contributed by atoms with Crippen molar-refractivity contribution in [3.8, 4) is 0 Å². The van der Waals surface area contributed by atoms with Gasteiger partial charge in [-0.25, -0.2) is 0 Å². The quantitative estimate of drug-likeness (QED) is 0.926. The number of hydrogen-bond acceptors (Lipinski definition) is 3. The molecular formula is C12H14BrNO3. The van der Waals surface area contributed by atoms with E-state index < -0.39 is 12.0 Å². The smallest absolute Gasteiger partial charge is 0.325 e. The summed E-state index contributed by atoms with van der Waals surface area (Å²) in [4.78, 5) is 13.3. The van der Waals surface area contributed by atoms with Gasteiger partial charge in [0.25, 0.3) is 0 Å². The van der Waals surface area contributed by atoms with Crippen LogP contribution in [0.5, 0.6) is 0 Å². The Morgan fingerprint density at radius 1 is 1.29 bits per heavy atom. The van der Waals surface area contributed by atoms with Crippen LogP contribution in [0.15, 0.2) is 28.7 Å². The third-order valence-electron chi connectivity index (χ3n) is 2.83. The minimum atomic E-state index is -0.811. The lowest BCUT2D eigenvalue weighted by Gasteiger charge is -2.32. The van der Waals surface area contributed by atoms with E-state index in [-0.39, 0.29) is 0 Å². The lowest BCUT2D eigenvalue weighted by atomic mass is 10.1. The molecule has 1 fully saturated rings. The lowest BCUT2D eigenvalue weighted by molar-refractivity contribution is -0.145. The third kappa shape index (κ3) is 3.06.